The molecule has 1 aliphatic rings. The lowest BCUT2D eigenvalue weighted by Gasteiger charge is -2.36. The van der Waals surface area contributed by atoms with Crippen LogP contribution in [0.25, 0.3) is 0 Å². The monoisotopic (exact) mass is 255 g/mol. The topological polar surface area (TPSA) is 21.3 Å². The van der Waals surface area contributed by atoms with Gasteiger partial charge in [0.25, 0.3) is 0 Å². The molecule has 0 radical (unpaired) electrons. The molecule has 1 N–H and O–H groups in total. The van der Waals surface area contributed by atoms with Crippen LogP contribution in [0.1, 0.15) is 65.7 Å². The zero-order chi connectivity index (χ0) is 13.4. The average molecular weight is 255 g/mol. The van der Waals surface area contributed by atoms with Crippen molar-refractivity contribution in [2.75, 3.05) is 13.7 Å². The van der Waals surface area contributed by atoms with Crippen LogP contribution in [0.15, 0.2) is 0 Å². The van der Waals surface area contributed by atoms with E-state index >= 15 is 0 Å². The molecular formula is C16H33NO. The first-order chi connectivity index (χ1) is 8.69. The highest BCUT2D eigenvalue weighted by molar-refractivity contribution is 4.84. The van der Waals surface area contributed by atoms with E-state index in [4.69, 9.17) is 4.74 Å². The molecule has 2 heteroatoms. The van der Waals surface area contributed by atoms with Gasteiger partial charge >= 0.3 is 0 Å². The molecule has 0 amide bonds. The molecule has 1 rings (SSSR count). The van der Waals surface area contributed by atoms with Crippen molar-refractivity contribution in [3.05, 3.63) is 0 Å². The van der Waals surface area contributed by atoms with Gasteiger partial charge in [-0.05, 0) is 51.5 Å². The molecule has 0 aromatic rings. The van der Waals surface area contributed by atoms with E-state index in [1.165, 1.54) is 44.9 Å². The number of nitrogens with one attached hydrogen (secondary N) is 1. The summed E-state index contributed by atoms with van der Waals surface area (Å²) in [4.78, 5) is 0. The zero-order valence-electron chi connectivity index (χ0n) is 12.9. The first kappa shape index (κ1) is 16.0. The van der Waals surface area contributed by atoms with E-state index in [1.807, 2.05) is 0 Å². The SMILES string of the molecule is CCOC(C1CCCCC1)C(CCC(C)C)NC. The maximum absolute atomic E-state index is 6.10. The third-order valence-corrected chi connectivity index (χ3v) is 4.30. The maximum atomic E-state index is 6.10. The lowest BCUT2D eigenvalue weighted by molar-refractivity contribution is -0.0187. The number of hydrogen-bond donors (Lipinski definition) is 1. The second kappa shape index (κ2) is 8.92. The molecule has 2 nitrogen and oxygen atoms in total. The predicted molar refractivity (Wildman–Crippen MR) is 78.9 cm³/mol. The molecule has 0 heterocycles. The van der Waals surface area contributed by atoms with Gasteiger partial charge in [0, 0.05) is 12.6 Å². The second-order valence-corrected chi connectivity index (χ2v) is 6.18. The van der Waals surface area contributed by atoms with Gasteiger partial charge in [0.15, 0.2) is 0 Å². The molecule has 1 fully saturated rings. The normalized spacial score (nSPS) is 21.2. The third-order valence-electron chi connectivity index (χ3n) is 4.30. The first-order valence-corrected chi connectivity index (χ1v) is 7.97. The Morgan fingerprint density at radius 1 is 1.11 bits per heavy atom. The van der Waals surface area contributed by atoms with Crippen LogP contribution >= 0.6 is 0 Å². The minimum atomic E-state index is 0.430. The summed E-state index contributed by atoms with van der Waals surface area (Å²) in [6.07, 6.45) is 9.92. The van der Waals surface area contributed by atoms with Crippen LogP contribution in [0, 0.1) is 11.8 Å². The Morgan fingerprint density at radius 3 is 2.28 bits per heavy atom. The summed E-state index contributed by atoms with van der Waals surface area (Å²) < 4.78 is 6.10. The standard InChI is InChI=1S/C16H33NO/c1-5-18-16(14-9-7-6-8-10-14)15(17-4)12-11-13(2)3/h13-17H,5-12H2,1-4H3. The van der Waals surface area contributed by atoms with Crippen molar-refractivity contribution < 1.29 is 4.74 Å². The highest BCUT2D eigenvalue weighted by Gasteiger charge is 2.30. The Labute approximate surface area is 114 Å². The van der Waals surface area contributed by atoms with Gasteiger partial charge in [-0.3, -0.25) is 0 Å². The summed E-state index contributed by atoms with van der Waals surface area (Å²) in [5.41, 5.74) is 0. The van der Waals surface area contributed by atoms with Crippen LogP contribution in [0.5, 0.6) is 0 Å². The Kier molecular flexibility index (Phi) is 7.92. The summed E-state index contributed by atoms with van der Waals surface area (Å²) in [6.45, 7) is 7.60. The summed E-state index contributed by atoms with van der Waals surface area (Å²) in [7, 11) is 2.10. The highest BCUT2D eigenvalue weighted by Crippen LogP contribution is 2.30. The van der Waals surface area contributed by atoms with Crippen molar-refractivity contribution in [3.63, 3.8) is 0 Å². The molecule has 18 heavy (non-hydrogen) atoms. The van der Waals surface area contributed by atoms with Gasteiger partial charge < -0.3 is 10.1 Å². The van der Waals surface area contributed by atoms with Crippen LogP contribution in [-0.2, 0) is 4.74 Å². The van der Waals surface area contributed by atoms with Gasteiger partial charge in [0.2, 0.25) is 0 Å². The smallest absolute Gasteiger partial charge is 0.0755 e. The van der Waals surface area contributed by atoms with Crippen molar-refractivity contribution in [3.8, 4) is 0 Å². The van der Waals surface area contributed by atoms with Crippen molar-refractivity contribution in [1.82, 2.24) is 5.32 Å². The van der Waals surface area contributed by atoms with Gasteiger partial charge in [-0.1, -0.05) is 33.1 Å². The second-order valence-electron chi connectivity index (χ2n) is 6.18. The highest BCUT2D eigenvalue weighted by atomic mass is 16.5. The fourth-order valence-electron chi connectivity index (χ4n) is 3.22. The number of rotatable bonds is 8. The third kappa shape index (κ3) is 5.27. The Morgan fingerprint density at radius 2 is 1.78 bits per heavy atom. The lowest BCUT2D eigenvalue weighted by Crippen LogP contribution is -2.44. The lowest BCUT2D eigenvalue weighted by atomic mass is 9.81. The molecular weight excluding hydrogens is 222 g/mol. The van der Waals surface area contributed by atoms with Crippen LogP contribution < -0.4 is 5.32 Å². The molecule has 0 saturated heterocycles. The van der Waals surface area contributed by atoms with Gasteiger partial charge in [-0.15, -0.1) is 0 Å². The Bertz CT molecular complexity index is 199. The molecule has 1 saturated carbocycles. The summed E-state index contributed by atoms with van der Waals surface area (Å²) >= 11 is 0. The van der Waals surface area contributed by atoms with E-state index in [0.717, 1.165) is 18.4 Å². The van der Waals surface area contributed by atoms with Gasteiger partial charge in [0.05, 0.1) is 6.10 Å². The van der Waals surface area contributed by atoms with Crippen molar-refractivity contribution in [2.45, 2.75) is 77.9 Å². The van der Waals surface area contributed by atoms with Gasteiger partial charge in [-0.25, -0.2) is 0 Å². The zero-order valence-corrected chi connectivity index (χ0v) is 12.9. The molecule has 0 aliphatic heterocycles. The minimum Gasteiger partial charge on any atom is -0.377 e. The Hall–Kier alpha value is -0.0800. The summed E-state index contributed by atoms with van der Waals surface area (Å²) in [6, 6.07) is 0.537. The summed E-state index contributed by atoms with van der Waals surface area (Å²) in [5, 5.41) is 3.51. The van der Waals surface area contributed by atoms with Crippen molar-refractivity contribution >= 4 is 0 Å². The van der Waals surface area contributed by atoms with Crippen LogP contribution in [-0.4, -0.2) is 25.8 Å². The number of ether oxygens (including phenoxy) is 1. The fraction of sp³-hybridized carbons (Fsp3) is 1.00. The molecule has 2 atom stereocenters. The summed E-state index contributed by atoms with van der Waals surface area (Å²) in [5.74, 6) is 1.57. The van der Waals surface area contributed by atoms with E-state index < -0.39 is 0 Å². The van der Waals surface area contributed by atoms with E-state index in [2.05, 4.69) is 33.1 Å². The molecule has 0 aromatic heterocycles. The van der Waals surface area contributed by atoms with E-state index in [1.54, 1.807) is 0 Å². The Balaban J connectivity index is 2.54. The molecule has 2 unspecified atom stereocenters. The van der Waals surface area contributed by atoms with Gasteiger partial charge in [-0.2, -0.15) is 0 Å². The largest absolute Gasteiger partial charge is 0.377 e. The molecule has 108 valence electrons. The minimum absolute atomic E-state index is 0.430. The van der Waals surface area contributed by atoms with Gasteiger partial charge in [0.1, 0.15) is 0 Å². The quantitative estimate of drug-likeness (QED) is 0.708. The van der Waals surface area contributed by atoms with Crippen LogP contribution in [0.4, 0.5) is 0 Å². The number of hydrogen-bond acceptors (Lipinski definition) is 2. The first-order valence-electron chi connectivity index (χ1n) is 7.97. The fourth-order valence-corrected chi connectivity index (χ4v) is 3.22. The van der Waals surface area contributed by atoms with E-state index in [-0.39, 0.29) is 0 Å². The predicted octanol–water partition coefficient (Wildman–Crippen LogP) is 4.00. The van der Waals surface area contributed by atoms with E-state index in [9.17, 15) is 0 Å². The maximum Gasteiger partial charge on any atom is 0.0755 e. The molecule has 0 spiro atoms. The van der Waals surface area contributed by atoms with Crippen LogP contribution in [0.3, 0.4) is 0 Å². The molecule has 0 aromatic carbocycles. The van der Waals surface area contributed by atoms with Crippen molar-refractivity contribution in [2.24, 2.45) is 11.8 Å². The van der Waals surface area contributed by atoms with Crippen LogP contribution in [0.2, 0.25) is 0 Å². The number of likely N-dealkylation sites (N-methyl/N-ethyl adjacent to an activating group) is 1. The molecule has 1 aliphatic carbocycles. The average Bonchev–Trinajstić information content (AvgIpc) is 2.39. The van der Waals surface area contributed by atoms with Crippen molar-refractivity contribution in [1.29, 1.82) is 0 Å². The van der Waals surface area contributed by atoms with E-state index in [0.29, 0.717) is 12.1 Å². The molecule has 0 bridgehead atoms.